The molecule has 2 heterocycles. The summed E-state index contributed by atoms with van der Waals surface area (Å²) in [5.74, 6) is -0.795. The van der Waals surface area contributed by atoms with E-state index in [1.165, 1.54) is 0 Å². The van der Waals surface area contributed by atoms with Crippen LogP contribution in [0.25, 0.3) is 10.9 Å². The van der Waals surface area contributed by atoms with Crippen molar-refractivity contribution in [2.75, 3.05) is 5.43 Å². The fourth-order valence-corrected chi connectivity index (χ4v) is 3.74. The minimum absolute atomic E-state index is 0.241. The van der Waals surface area contributed by atoms with Gasteiger partial charge in [-0.25, -0.2) is 4.98 Å². The summed E-state index contributed by atoms with van der Waals surface area (Å²) in [6.07, 6.45) is 2.67. The topological polar surface area (TPSA) is 132 Å². The molecule has 160 valence electrons. The van der Waals surface area contributed by atoms with Crippen LogP contribution < -0.4 is 15.6 Å². The third-order valence-corrected chi connectivity index (χ3v) is 5.65. The van der Waals surface area contributed by atoms with Crippen LogP contribution in [0.2, 0.25) is 0 Å². The summed E-state index contributed by atoms with van der Waals surface area (Å²) in [7, 11) is 0. The number of amides is 1. The van der Waals surface area contributed by atoms with Gasteiger partial charge in [-0.2, -0.15) is 4.98 Å². The lowest BCUT2D eigenvalue weighted by molar-refractivity contribution is -0.385. The molecule has 4 aromatic rings. The molecule has 0 aliphatic rings. The second-order valence-corrected chi connectivity index (χ2v) is 7.95. The molecule has 2 N–H and O–H groups in total. The molecule has 2 aromatic carbocycles. The number of hydrazine groups is 1. The van der Waals surface area contributed by atoms with Crippen molar-refractivity contribution in [2.45, 2.75) is 0 Å². The maximum atomic E-state index is 12.4. The van der Waals surface area contributed by atoms with Crippen LogP contribution in [0, 0.1) is 10.1 Å². The molecule has 0 aliphatic carbocycles. The van der Waals surface area contributed by atoms with E-state index < -0.39 is 16.5 Å². The fourth-order valence-electron chi connectivity index (χ4n) is 2.82. The number of hydrogen-bond donors (Lipinski definition) is 2. The summed E-state index contributed by atoms with van der Waals surface area (Å²) in [5.41, 5.74) is 5.14. The van der Waals surface area contributed by atoms with Gasteiger partial charge in [-0.15, -0.1) is 0 Å². The minimum atomic E-state index is -0.698. The highest BCUT2D eigenvalue weighted by Gasteiger charge is 2.26. The summed E-state index contributed by atoms with van der Waals surface area (Å²) in [6, 6.07) is 13.7. The van der Waals surface area contributed by atoms with Crippen molar-refractivity contribution >= 4 is 60.2 Å². The summed E-state index contributed by atoms with van der Waals surface area (Å²) < 4.78 is 7.11. The van der Waals surface area contributed by atoms with Crippen LogP contribution in [0.4, 0.5) is 11.5 Å². The van der Waals surface area contributed by atoms with Crippen molar-refractivity contribution in [3.8, 4) is 11.6 Å². The number of halogens is 2. The van der Waals surface area contributed by atoms with Crippen molar-refractivity contribution in [1.82, 2.24) is 20.4 Å². The molecule has 0 saturated heterocycles. The number of ether oxygens (including phenoxy) is 1. The highest BCUT2D eigenvalue weighted by molar-refractivity contribution is 9.11. The number of hydrogen-bond acceptors (Lipinski definition) is 8. The molecular weight excluding hydrogens is 548 g/mol. The highest BCUT2D eigenvalue weighted by Crippen LogP contribution is 2.37. The second kappa shape index (κ2) is 9.24. The first kappa shape index (κ1) is 21.6. The maximum Gasteiger partial charge on any atom is 0.374 e. The number of nitro groups is 1. The molecular formula is C20H12Br2N6O4. The molecule has 0 saturated carbocycles. The first-order valence-electron chi connectivity index (χ1n) is 8.97. The van der Waals surface area contributed by atoms with Gasteiger partial charge in [0.05, 0.1) is 10.5 Å². The Morgan fingerprint density at radius 1 is 1.00 bits per heavy atom. The molecule has 12 heteroatoms. The van der Waals surface area contributed by atoms with E-state index in [0.29, 0.717) is 15.6 Å². The SMILES string of the molecule is O=C(NNc1ncnc(Oc2ccc(Br)c3cccnc23)c1[N+](=O)[O-])c1ccccc1Br. The molecule has 0 fully saturated rings. The quantitative estimate of drug-likeness (QED) is 0.249. The zero-order chi connectivity index (χ0) is 22.7. The average molecular weight is 560 g/mol. The van der Waals surface area contributed by atoms with Crippen LogP contribution in [0.15, 0.2) is 70.0 Å². The Morgan fingerprint density at radius 2 is 1.81 bits per heavy atom. The van der Waals surface area contributed by atoms with Crippen LogP contribution in [-0.4, -0.2) is 25.8 Å². The number of pyridine rings is 1. The van der Waals surface area contributed by atoms with Gasteiger partial charge >= 0.3 is 11.6 Å². The number of anilines is 1. The van der Waals surface area contributed by atoms with Gasteiger partial charge in [0.25, 0.3) is 5.91 Å². The predicted molar refractivity (Wildman–Crippen MR) is 123 cm³/mol. The summed E-state index contributed by atoms with van der Waals surface area (Å²) in [6.45, 7) is 0. The highest BCUT2D eigenvalue weighted by atomic mass is 79.9. The van der Waals surface area contributed by atoms with Gasteiger partial charge in [0.2, 0.25) is 5.82 Å². The molecule has 2 aromatic heterocycles. The van der Waals surface area contributed by atoms with E-state index in [4.69, 9.17) is 4.74 Å². The summed E-state index contributed by atoms with van der Waals surface area (Å²) in [5, 5.41) is 12.5. The standard InChI is InChI=1S/C20H12Br2N6O4/c21-13-6-2-1-4-12(13)19(29)27-26-18-17(28(30)31)20(25-10-24-18)32-15-8-7-14(22)11-5-3-9-23-16(11)15/h1-10H,(H,27,29)(H,24,25,26). The number of aromatic nitrogens is 3. The van der Waals surface area contributed by atoms with Gasteiger partial charge in [-0.3, -0.25) is 30.7 Å². The van der Waals surface area contributed by atoms with E-state index in [2.05, 4.69) is 57.7 Å². The van der Waals surface area contributed by atoms with E-state index in [-0.39, 0.29) is 17.4 Å². The number of rotatable bonds is 6. The number of nitrogens with zero attached hydrogens (tertiary/aromatic N) is 4. The zero-order valence-corrected chi connectivity index (χ0v) is 19.1. The van der Waals surface area contributed by atoms with E-state index >= 15 is 0 Å². The normalized spacial score (nSPS) is 10.6. The number of benzene rings is 2. The summed E-state index contributed by atoms with van der Waals surface area (Å²) in [4.78, 5) is 35.6. The first-order chi connectivity index (χ1) is 15.5. The van der Waals surface area contributed by atoms with E-state index in [1.807, 2.05) is 6.07 Å². The fraction of sp³-hybridized carbons (Fsp3) is 0. The third kappa shape index (κ3) is 4.36. The Morgan fingerprint density at radius 3 is 2.59 bits per heavy atom. The maximum absolute atomic E-state index is 12.4. The minimum Gasteiger partial charge on any atom is -0.431 e. The molecule has 32 heavy (non-hydrogen) atoms. The zero-order valence-electron chi connectivity index (χ0n) is 16.0. The molecule has 0 radical (unpaired) electrons. The molecule has 0 bridgehead atoms. The smallest absolute Gasteiger partial charge is 0.374 e. The lowest BCUT2D eigenvalue weighted by atomic mass is 10.2. The van der Waals surface area contributed by atoms with Gasteiger partial charge in [-0.05, 0) is 46.3 Å². The van der Waals surface area contributed by atoms with Crippen molar-refractivity contribution < 1.29 is 14.5 Å². The largest absolute Gasteiger partial charge is 0.431 e. The van der Waals surface area contributed by atoms with Crippen LogP contribution in [0.3, 0.4) is 0 Å². The second-order valence-electron chi connectivity index (χ2n) is 6.24. The number of fused-ring (bicyclic) bond motifs is 1. The third-order valence-electron chi connectivity index (χ3n) is 4.27. The molecule has 0 spiro atoms. The van der Waals surface area contributed by atoms with Crippen molar-refractivity contribution in [3.05, 3.63) is 85.7 Å². The lowest BCUT2D eigenvalue weighted by Gasteiger charge is -2.12. The van der Waals surface area contributed by atoms with Crippen LogP contribution in [0.1, 0.15) is 10.4 Å². The van der Waals surface area contributed by atoms with Gasteiger partial charge in [0.15, 0.2) is 5.75 Å². The monoisotopic (exact) mass is 558 g/mol. The van der Waals surface area contributed by atoms with E-state index in [0.717, 1.165) is 16.2 Å². The van der Waals surface area contributed by atoms with Crippen LogP contribution >= 0.6 is 31.9 Å². The van der Waals surface area contributed by atoms with E-state index in [1.54, 1.807) is 48.7 Å². The van der Waals surface area contributed by atoms with Crippen molar-refractivity contribution in [3.63, 3.8) is 0 Å². The Hall–Kier alpha value is -3.64. The number of nitrogens with one attached hydrogen (secondary N) is 2. The Bertz CT molecular complexity index is 1350. The average Bonchev–Trinajstić information content (AvgIpc) is 2.79. The number of carbonyl (C=O) groups excluding carboxylic acids is 1. The van der Waals surface area contributed by atoms with Crippen molar-refractivity contribution in [1.29, 1.82) is 0 Å². The molecule has 0 unspecified atom stereocenters. The molecule has 10 nitrogen and oxygen atoms in total. The molecule has 1 amide bonds. The predicted octanol–water partition coefficient (Wildman–Crippen LogP) is 5.01. The summed E-state index contributed by atoms with van der Waals surface area (Å²) >= 11 is 6.72. The van der Waals surface area contributed by atoms with Crippen LogP contribution in [0.5, 0.6) is 11.6 Å². The van der Waals surface area contributed by atoms with Crippen molar-refractivity contribution in [2.24, 2.45) is 0 Å². The first-order valence-corrected chi connectivity index (χ1v) is 10.6. The molecule has 4 rings (SSSR count). The van der Waals surface area contributed by atoms with E-state index in [9.17, 15) is 14.9 Å². The Labute approximate surface area is 197 Å². The molecule has 0 atom stereocenters. The van der Waals surface area contributed by atoms with Gasteiger partial charge < -0.3 is 4.74 Å². The Balaban J connectivity index is 1.65. The van der Waals surface area contributed by atoms with Gasteiger partial charge in [0.1, 0.15) is 11.8 Å². The Kier molecular flexibility index (Phi) is 6.23. The van der Waals surface area contributed by atoms with Gasteiger partial charge in [0, 0.05) is 20.5 Å². The molecule has 0 aliphatic heterocycles. The number of carbonyl (C=O) groups is 1. The van der Waals surface area contributed by atoms with Gasteiger partial charge in [-0.1, -0.05) is 34.1 Å². The van der Waals surface area contributed by atoms with Crippen LogP contribution in [-0.2, 0) is 0 Å². The lowest BCUT2D eigenvalue weighted by Crippen LogP contribution is -2.30.